The summed E-state index contributed by atoms with van der Waals surface area (Å²) in [7, 11) is 3.12. The number of ether oxygens (including phenoxy) is 3. The summed E-state index contributed by atoms with van der Waals surface area (Å²) in [5, 5.41) is 2.98. The molecule has 2 rings (SSSR count). The normalized spacial score (nSPS) is 19.7. The van der Waals surface area contributed by atoms with Gasteiger partial charge in [-0.3, -0.25) is 4.79 Å². The number of amides is 1. The maximum absolute atomic E-state index is 11.8. The average Bonchev–Trinajstić information content (AvgIpc) is 2.37. The molecule has 1 aromatic rings. The van der Waals surface area contributed by atoms with E-state index < -0.39 is 0 Å². The topological polar surface area (TPSA) is 56.8 Å². The maximum Gasteiger partial charge on any atom is 0.246 e. The van der Waals surface area contributed by atoms with E-state index in [9.17, 15) is 4.79 Å². The van der Waals surface area contributed by atoms with Crippen molar-refractivity contribution in [2.24, 2.45) is 0 Å². The monoisotopic (exact) mass is 279 g/mol. The van der Waals surface area contributed by atoms with Gasteiger partial charge in [0.1, 0.15) is 23.7 Å². The summed E-state index contributed by atoms with van der Waals surface area (Å²) in [4.78, 5) is 11.8. The smallest absolute Gasteiger partial charge is 0.246 e. The molecule has 0 saturated heterocycles. The van der Waals surface area contributed by atoms with Crippen LogP contribution >= 0.6 is 0 Å². The van der Waals surface area contributed by atoms with Crippen LogP contribution in [0.4, 0.5) is 0 Å². The van der Waals surface area contributed by atoms with E-state index in [0.717, 1.165) is 17.1 Å². The zero-order chi connectivity index (χ0) is 14.8. The number of nitrogens with one attached hydrogen (secondary N) is 1. The molecule has 110 valence electrons. The van der Waals surface area contributed by atoms with Crippen LogP contribution in [0.1, 0.15) is 31.9 Å². The number of carbonyl (C=O) groups is 1. The van der Waals surface area contributed by atoms with Gasteiger partial charge in [-0.15, -0.1) is 0 Å². The van der Waals surface area contributed by atoms with Crippen molar-refractivity contribution in [2.45, 2.75) is 31.9 Å². The number of rotatable bonds is 4. The Labute approximate surface area is 119 Å². The first-order valence-electron chi connectivity index (χ1n) is 6.60. The summed E-state index contributed by atoms with van der Waals surface area (Å²) in [5.41, 5.74) is 0.611. The van der Waals surface area contributed by atoms with Gasteiger partial charge in [-0.1, -0.05) is 0 Å². The molecule has 0 fully saturated rings. The minimum absolute atomic E-state index is 0.0527. The molecule has 5 nitrogen and oxygen atoms in total. The van der Waals surface area contributed by atoms with Crippen LogP contribution < -0.4 is 14.8 Å². The first-order chi connectivity index (χ1) is 9.45. The molecule has 0 aliphatic carbocycles. The van der Waals surface area contributed by atoms with Gasteiger partial charge in [0.2, 0.25) is 5.91 Å². The highest BCUT2D eigenvalue weighted by Crippen LogP contribution is 2.41. The number of hydrogen-bond donors (Lipinski definition) is 1. The van der Waals surface area contributed by atoms with Crippen LogP contribution in [0, 0.1) is 0 Å². The van der Waals surface area contributed by atoms with Crippen molar-refractivity contribution in [1.82, 2.24) is 5.32 Å². The lowest BCUT2D eigenvalue weighted by molar-refractivity contribution is -0.126. The van der Waals surface area contributed by atoms with Crippen LogP contribution in [0.15, 0.2) is 18.2 Å². The Kier molecular flexibility index (Phi) is 4.18. The quantitative estimate of drug-likeness (QED) is 0.916. The lowest BCUT2D eigenvalue weighted by atomic mass is 9.89. The lowest BCUT2D eigenvalue weighted by Gasteiger charge is -2.38. The molecule has 1 heterocycles. The molecule has 0 saturated carbocycles. The molecule has 1 aliphatic rings. The van der Waals surface area contributed by atoms with E-state index in [1.165, 1.54) is 7.11 Å². The fourth-order valence-corrected chi connectivity index (χ4v) is 2.46. The Hall–Kier alpha value is -1.75. The van der Waals surface area contributed by atoms with Crippen molar-refractivity contribution in [3.05, 3.63) is 23.8 Å². The minimum Gasteiger partial charge on any atom is -0.497 e. The number of carbonyl (C=O) groups excluding carboxylic acids is 1. The van der Waals surface area contributed by atoms with Crippen LogP contribution in [-0.2, 0) is 9.53 Å². The second kappa shape index (κ2) is 5.71. The summed E-state index contributed by atoms with van der Waals surface area (Å²) in [6.45, 7) is 4.07. The highest BCUT2D eigenvalue weighted by Gasteiger charge is 2.34. The third-order valence-electron chi connectivity index (χ3n) is 3.28. The van der Waals surface area contributed by atoms with Crippen molar-refractivity contribution >= 4 is 5.91 Å². The summed E-state index contributed by atoms with van der Waals surface area (Å²) in [5.74, 6) is 1.40. The first-order valence-corrected chi connectivity index (χ1v) is 6.60. The van der Waals surface area contributed by atoms with Crippen LogP contribution in [0.25, 0.3) is 0 Å². The number of hydrogen-bond acceptors (Lipinski definition) is 4. The summed E-state index contributed by atoms with van der Waals surface area (Å²) in [6.07, 6.45) is 0.697. The van der Waals surface area contributed by atoms with Crippen molar-refractivity contribution in [2.75, 3.05) is 20.8 Å². The Balaban J connectivity index is 2.29. The lowest BCUT2D eigenvalue weighted by Crippen LogP contribution is -2.42. The number of fused-ring (bicyclic) bond motifs is 1. The van der Waals surface area contributed by atoms with E-state index in [1.54, 1.807) is 7.11 Å². The Morgan fingerprint density at radius 2 is 2.20 bits per heavy atom. The number of benzene rings is 1. The van der Waals surface area contributed by atoms with Crippen LogP contribution in [0.5, 0.6) is 11.5 Å². The van der Waals surface area contributed by atoms with Crippen LogP contribution in [0.3, 0.4) is 0 Å². The predicted octanol–water partition coefficient (Wildman–Crippen LogP) is 2.06. The molecular weight excluding hydrogens is 258 g/mol. The highest BCUT2D eigenvalue weighted by atomic mass is 16.5. The van der Waals surface area contributed by atoms with Crippen LogP contribution in [-0.4, -0.2) is 32.3 Å². The van der Waals surface area contributed by atoms with Gasteiger partial charge in [-0.2, -0.15) is 0 Å². The van der Waals surface area contributed by atoms with E-state index in [2.05, 4.69) is 5.32 Å². The van der Waals surface area contributed by atoms with E-state index in [-0.39, 0.29) is 24.2 Å². The van der Waals surface area contributed by atoms with E-state index in [1.807, 2.05) is 32.0 Å². The van der Waals surface area contributed by atoms with Crippen LogP contribution in [0.2, 0.25) is 0 Å². The fraction of sp³-hybridized carbons (Fsp3) is 0.533. The third kappa shape index (κ3) is 3.22. The third-order valence-corrected chi connectivity index (χ3v) is 3.28. The second-order valence-corrected chi connectivity index (χ2v) is 5.52. The van der Waals surface area contributed by atoms with E-state index in [4.69, 9.17) is 14.2 Å². The second-order valence-electron chi connectivity index (χ2n) is 5.52. The molecule has 0 spiro atoms. The van der Waals surface area contributed by atoms with Gasteiger partial charge < -0.3 is 19.5 Å². The molecule has 1 aromatic carbocycles. The van der Waals surface area contributed by atoms with E-state index in [0.29, 0.717) is 6.42 Å². The van der Waals surface area contributed by atoms with Gasteiger partial charge in [0.15, 0.2) is 0 Å². The molecule has 1 N–H and O–H groups in total. The molecule has 0 unspecified atom stereocenters. The van der Waals surface area contributed by atoms with Gasteiger partial charge >= 0.3 is 0 Å². The molecule has 1 atom stereocenters. The molecule has 20 heavy (non-hydrogen) atoms. The molecule has 0 bridgehead atoms. The van der Waals surface area contributed by atoms with Gasteiger partial charge in [-0.25, -0.2) is 0 Å². The zero-order valence-corrected chi connectivity index (χ0v) is 12.4. The fourth-order valence-electron chi connectivity index (χ4n) is 2.46. The van der Waals surface area contributed by atoms with Gasteiger partial charge in [-0.05, 0) is 32.0 Å². The summed E-state index contributed by atoms with van der Waals surface area (Å²) < 4.78 is 16.1. The molecular formula is C15H21NO4. The van der Waals surface area contributed by atoms with Crippen molar-refractivity contribution in [1.29, 1.82) is 0 Å². The standard InChI is InChI=1S/C15H21NO4/c1-15(2)8-12(16-14(17)9-18-3)11-7-10(19-4)5-6-13(11)20-15/h5-7,12H,8-9H2,1-4H3,(H,16,17)/t12-/m0/s1. The molecule has 0 radical (unpaired) electrons. The predicted molar refractivity (Wildman–Crippen MR) is 75.1 cm³/mol. The van der Waals surface area contributed by atoms with E-state index >= 15 is 0 Å². The van der Waals surface area contributed by atoms with Crippen molar-refractivity contribution < 1.29 is 19.0 Å². The Morgan fingerprint density at radius 3 is 2.85 bits per heavy atom. The maximum atomic E-state index is 11.8. The molecule has 0 aromatic heterocycles. The summed E-state index contributed by atoms with van der Waals surface area (Å²) >= 11 is 0. The Morgan fingerprint density at radius 1 is 1.45 bits per heavy atom. The summed E-state index contributed by atoms with van der Waals surface area (Å²) in [6, 6.07) is 5.53. The molecule has 1 aliphatic heterocycles. The Bertz CT molecular complexity index is 499. The van der Waals surface area contributed by atoms with Gasteiger partial charge in [0.25, 0.3) is 0 Å². The first kappa shape index (κ1) is 14.7. The molecule has 1 amide bonds. The van der Waals surface area contributed by atoms with Gasteiger partial charge in [0.05, 0.1) is 13.2 Å². The largest absolute Gasteiger partial charge is 0.497 e. The molecule has 5 heteroatoms. The minimum atomic E-state index is -0.327. The zero-order valence-electron chi connectivity index (χ0n) is 12.4. The number of methoxy groups -OCH3 is 2. The van der Waals surface area contributed by atoms with Gasteiger partial charge in [0, 0.05) is 19.1 Å². The van der Waals surface area contributed by atoms with Crippen molar-refractivity contribution in [3.8, 4) is 11.5 Å². The highest BCUT2D eigenvalue weighted by molar-refractivity contribution is 5.78. The van der Waals surface area contributed by atoms with Crippen molar-refractivity contribution in [3.63, 3.8) is 0 Å². The SMILES string of the molecule is COCC(=O)N[C@H]1CC(C)(C)Oc2ccc(OC)cc21. The average molecular weight is 279 g/mol.